The Morgan fingerprint density at radius 1 is 1.04 bits per heavy atom. The van der Waals surface area contributed by atoms with Gasteiger partial charge in [-0.3, -0.25) is 9.62 Å². The fourth-order valence-corrected chi connectivity index (χ4v) is 3.58. The third-order valence-electron chi connectivity index (χ3n) is 3.87. The van der Waals surface area contributed by atoms with Crippen molar-refractivity contribution in [1.82, 2.24) is 15.1 Å². The van der Waals surface area contributed by atoms with Gasteiger partial charge in [0.25, 0.3) is 10.0 Å². The summed E-state index contributed by atoms with van der Waals surface area (Å²) < 4.78 is 32.3. The van der Waals surface area contributed by atoms with E-state index in [1.807, 2.05) is 0 Å². The van der Waals surface area contributed by atoms with Crippen molar-refractivity contribution in [1.29, 1.82) is 0 Å². The topological polar surface area (TPSA) is 96.5 Å². The summed E-state index contributed by atoms with van der Waals surface area (Å²) in [6.45, 7) is 5.00. The van der Waals surface area contributed by atoms with Gasteiger partial charge in [-0.25, -0.2) is 8.42 Å². The summed E-state index contributed by atoms with van der Waals surface area (Å²) in [4.78, 5) is 2.41. The second kappa shape index (κ2) is 8.63. The molecule has 1 aromatic carbocycles. The van der Waals surface area contributed by atoms with E-state index in [0.717, 1.165) is 39.4 Å². The second-order valence-electron chi connectivity index (χ2n) is 5.74. The van der Waals surface area contributed by atoms with Crippen LogP contribution in [0.4, 0.5) is 11.6 Å². The van der Waals surface area contributed by atoms with Gasteiger partial charge in [-0.1, -0.05) is 11.6 Å². The number of morpholine rings is 1. The Hall–Kier alpha value is -1.94. The van der Waals surface area contributed by atoms with Crippen LogP contribution in [0, 0.1) is 0 Å². The summed E-state index contributed by atoms with van der Waals surface area (Å²) in [6, 6.07) is 9.15. The average Bonchev–Trinajstić information content (AvgIpc) is 2.64. The maximum atomic E-state index is 12.3. The summed E-state index contributed by atoms with van der Waals surface area (Å²) in [5.41, 5.74) is 0. The van der Waals surface area contributed by atoms with E-state index in [1.54, 1.807) is 12.1 Å². The molecule has 2 N–H and O–H groups in total. The summed E-state index contributed by atoms with van der Waals surface area (Å²) in [7, 11) is -3.72. The number of anilines is 2. The van der Waals surface area contributed by atoms with Gasteiger partial charge in [-0.05, 0) is 36.4 Å². The fourth-order valence-electron chi connectivity index (χ4n) is 2.46. The van der Waals surface area contributed by atoms with Gasteiger partial charge in [0.15, 0.2) is 5.82 Å². The van der Waals surface area contributed by atoms with E-state index < -0.39 is 10.0 Å². The van der Waals surface area contributed by atoms with E-state index in [0.29, 0.717) is 10.8 Å². The predicted octanol–water partition coefficient (Wildman–Crippen LogP) is 1.67. The molecule has 0 aliphatic carbocycles. The molecule has 0 saturated carbocycles. The summed E-state index contributed by atoms with van der Waals surface area (Å²) in [5.74, 6) is 0.742. The third-order valence-corrected chi connectivity index (χ3v) is 5.49. The highest BCUT2D eigenvalue weighted by Gasteiger charge is 2.15. The molecule has 10 heteroatoms. The quantitative estimate of drug-likeness (QED) is 0.733. The highest BCUT2D eigenvalue weighted by molar-refractivity contribution is 7.92. The van der Waals surface area contributed by atoms with Crippen molar-refractivity contribution in [2.75, 3.05) is 49.4 Å². The fraction of sp³-hybridized carbons (Fsp3) is 0.375. The molecule has 1 aliphatic rings. The molecule has 1 saturated heterocycles. The first kappa shape index (κ1) is 18.8. The maximum Gasteiger partial charge on any atom is 0.263 e. The van der Waals surface area contributed by atoms with Gasteiger partial charge in [0, 0.05) is 31.2 Å². The van der Waals surface area contributed by atoms with Crippen molar-refractivity contribution in [2.45, 2.75) is 4.90 Å². The van der Waals surface area contributed by atoms with Crippen molar-refractivity contribution in [3.63, 3.8) is 0 Å². The van der Waals surface area contributed by atoms with Crippen LogP contribution in [0.15, 0.2) is 41.3 Å². The molecule has 8 nitrogen and oxygen atoms in total. The largest absolute Gasteiger partial charge is 0.379 e. The Morgan fingerprint density at radius 2 is 1.69 bits per heavy atom. The van der Waals surface area contributed by atoms with Gasteiger partial charge in [0.1, 0.15) is 5.82 Å². The molecule has 140 valence electrons. The Kier molecular flexibility index (Phi) is 6.25. The predicted molar refractivity (Wildman–Crippen MR) is 100 cm³/mol. The zero-order chi connectivity index (χ0) is 18.4. The first-order chi connectivity index (χ1) is 12.5. The molecule has 0 spiro atoms. The van der Waals surface area contributed by atoms with E-state index in [4.69, 9.17) is 16.3 Å². The van der Waals surface area contributed by atoms with Crippen LogP contribution in [0.2, 0.25) is 5.02 Å². The van der Waals surface area contributed by atoms with Crippen LogP contribution in [0.3, 0.4) is 0 Å². The molecule has 26 heavy (non-hydrogen) atoms. The Bertz CT molecular complexity index is 809. The normalized spacial score (nSPS) is 15.6. The van der Waals surface area contributed by atoms with Gasteiger partial charge >= 0.3 is 0 Å². The minimum atomic E-state index is -3.72. The highest BCUT2D eigenvalue weighted by atomic mass is 35.5. The van der Waals surface area contributed by atoms with E-state index >= 15 is 0 Å². The number of nitrogens with zero attached hydrogens (tertiary/aromatic N) is 3. The summed E-state index contributed by atoms with van der Waals surface area (Å²) >= 11 is 5.78. The summed E-state index contributed by atoms with van der Waals surface area (Å²) in [5, 5.41) is 11.6. The zero-order valence-electron chi connectivity index (χ0n) is 14.1. The molecule has 2 aromatic rings. The van der Waals surface area contributed by atoms with E-state index in [9.17, 15) is 8.42 Å². The second-order valence-corrected chi connectivity index (χ2v) is 7.86. The van der Waals surface area contributed by atoms with Gasteiger partial charge in [0.2, 0.25) is 0 Å². The Morgan fingerprint density at radius 3 is 2.35 bits per heavy atom. The van der Waals surface area contributed by atoms with Crippen molar-refractivity contribution < 1.29 is 13.2 Å². The molecule has 0 unspecified atom stereocenters. The van der Waals surface area contributed by atoms with E-state index in [2.05, 4.69) is 25.1 Å². The molecular weight excluding hydrogens is 378 g/mol. The molecule has 1 aliphatic heterocycles. The van der Waals surface area contributed by atoms with Crippen LogP contribution in [-0.2, 0) is 14.8 Å². The van der Waals surface area contributed by atoms with Crippen LogP contribution in [-0.4, -0.2) is 62.9 Å². The van der Waals surface area contributed by atoms with Crippen LogP contribution >= 0.6 is 11.6 Å². The van der Waals surface area contributed by atoms with Crippen LogP contribution in [0.1, 0.15) is 0 Å². The standard InChI is InChI=1S/C16H20ClN5O3S/c17-13-1-3-14(4-2-13)26(23,24)21-16-6-5-15(19-20-16)18-7-8-22-9-11-25-12-10-22/h1-6H,7-12H2,(H,18,19)(H,20,21). The molecular formula is C16H20ClN5O3S. The van der Waals surface area contributed by atoms with Gasteiger partial charge in [-0.15, -0.1) is 10.2 Å². The first-order valence-electron chi connectivity index (χ1n) is 8.19. The number of hydrogen-bond donors (Lipinski definition) is 2. The number of hydrogen-bond acceptors (Lipinski definition) is 7. The van der Waals surface area contributed by atoms with Crippen LogP contribution < -0.4 is 10.0 Å². The minimum absolute atomic E-state index is 0.108. The minimum Gasteiger partial charge on any atom is -0.379 e. The van der Waals surface area contributed by atoms with Crippen molar-refractivity contribution in [3.8, 4) is 0 Å². The lowest BCUT2D eigenvalue weighted by atomic mass is 10.4. The zero-order valence-corrected chi connectivity index (χ0v) is 15.6. The molecule has 1 aromatic heterocycles. The number of halogens is 1. The lowest BCUT2D eigenvalue weighted by Crippen LogP contribution is -2.39. The first-order valence-corrected chi connectivity index (χ1v) is 10.1. The number of nitrogens with one attached hydrogen (secondary N) is 2. The number of sulfonamides is 1. The number of rotatable bonds is 7. The summed E-state index contributed by atoms with van der Waals surface area (Å²) in [6.07, 6.45) is 0. The molecule has 3 rings (SSSR count). The van der Waals surface area contributed by atoms with Crippen LogP contribution in [0.25, 0.3) is 0 Å². The van der Waals surface area contributed by atoms with E-state index in [-0.39, 0.29) is 10.7 Å². The number of aromatic nitrogens is 2. The van der Waals surface area contributed by atoms with Crippen molar-refractivity contribution in [2.24, 2.45) is 0 Å². The monoisotopic (exact) mass is 397 g/mol. The number of benzene rings is 1. The lowest BCUT2D eigenvalue weighted by Gasteiger charge is -2.26. The lowest BCUT2D eigenvalue weighted by molar-refractivity contribution is 0.0398. The van der Waals surface area contributed by atoms with Crippen molar-refractivity contribution >= 4 is 33.3 Å². The van der Waals surface area contributed by atoms with Crippen molar-refractivity contribution in [3.05, 3.63) is 41.4 Å². The Labute approximate surface area is 157 Å². The van der Waals surface area contributed by atoms with E-state index in [1.165, 1.54) is 24.3 Å². The van der Waals surface area contributed by atoms with Gasteiger partial charge in [-0.2, -0.15) is 0 Å². The number of ether oxygens (including phenoxy) is 1. The molecule has 0 amide bonds. The molecule has 2 heterocycles. The highest BCUT2D eigenvalue weighted by Crippen LogP contribution is 2.17. The Balaban J connectivity index is 1.53. The average molecular weight is 398 g/mol. The smallest absolute Gasteiger partial charge is 0.263 e. The molecule has 0 radical (unpaired) electrons. The molecule has 1 fully saturated rings. The van der Waals surface area contributed by atoms with Crippen LogP contribution in [0.5, 0.6) is 0 Å². The van der Waals surface area contributed by atoms with Gasteiger partial charge in [0.05, 0.1) is 18.1 Å². The van der Waals surface area contributed by atoms with Gasteiger partial charge < -0.3 is 10.1 Å². The maximum absolute atomic E-state index is 12.3. The molecule has 0 atom stereocenters. The third kappa shape index (κ3) is 5.28. The SMILES string of the molecule is O=S(=O)(Nc1ccc(NCCN2CCOCC2)nn1)c1ccc(Cl)cc1. The molecule has 0 bridgehead atoms.